The zero-order valence-corrected chi connectivity index (χ0v) is 20.0. The van der Waals surface area contributed by atoms with Crippen molar-refractivity contribution in [3.63, 3.8) is 0 Å². The summed E-state index contributed by atoms with van der Waals surface area (Å²) >= 11 is 0. The average molecular weight is 454 g/mol. The Bertz CT molecular complexity index is 1100. The molecule has 0 spiro atoms. The van der Waals surface area contributed by atoms with Crippen LogP contribution in [0.25, 0.3) is 11.1 Å². The van der Waals surface area contributed by atoms with Gasteiger partial charge in [-0.15, -0.1) is 4.72 Å². The highest BCUT2D eigenvalue weighted by Gasteiger charge is 2.34. The molecule has 0 aliphatic carbocycles. The summed E-state index contributed by atoms with van der Waals surface area (Å²) in [6.07, 6.45) is 1.78. The van der Waals surface area contributed by atoms with Crippen LogP contribution in [0.1, 0.15) is 41.0 Å². The number of hydrogen-bond donors (Lipinski definition) is 1. The van der Waals surface area contributed by atoms with Crippen molar-refractivity contribution in [1.82, 2.24) is 14.8 Å². The van der Waals surface area contributed by atoms with Crippen LogP contribution in [0.4, 0.5) is 0 Å². The van der Waals surface area contributed by atoms with Crippen LogP contribution in [-0.4, -0.2) is 33.7 Å². The number of aryl methyl sites for hydroxylation is 4. The van der Waals surface area contributed by atoms with Gasteiger partial charge in [-0.05, 0) is 56.8 Å². The summed E-state index contributed by atoms with van der Waals surface area (Å²) in [5, 5.41) is 3.78. The van der Waals surface area contributed by atoms with Crippen LogP contribution in [-0.2, 0) is 21.2 Å². The predicted molar refractivity (Wildman–Crippen MR) is 126 cm³/mol. The van der Waals surface area contributed by atoms with E-state index in [0.29, 0.717) is 18.0 Å². The second-order valence-corrected chi connectivity index (χ2v) is 10.6. The van der Waals surface area contributed by atoms with Gasteiger partial charge in [0, 0.05) is 20.0 Å². The molecule has 3 aromatic rings. The van der Waals surface area contributed by atoms with E-state index in [4.69, 9.17) is 4.52 Å². The van der Waals surface area contributed by atoms with Crippen LogP contribution < -0.4 is 4.72 Å². The molecule has 2 heterocycles. The molecule has 1 aliphatic heterocycles. The smallest absolute Gasteiger partial charge is 0.240 e. The van der Waals surface area contributed by atoms with Crippen molar-refractivity contribution in [2.75, 3.05) is 13.1 Å². The molecule has 170 valence electrons. The highest BCUT2D eigenvalue weighted by Crippen LogP contribution is 2.26. The van der Waals surface area contributed by atoms with Gasteiger partial charge >= 0.3 is 0 Å². The molecule has 32 heavy (non-hydrogen) atoms. The van der Waals surface area contributed by atoms with E-state index in [1.54, 1.807) is 13.8 Å². The molecule has 1 fully saturated rings. The van der Waals surface area contributed by atoms with Gasteiger partial charge in [0.25, 0.3) is 0 Å². The number of piperidine rings is 1. The normalized spacial score (nSPS) is 19.1. The van der Waals surface area contributed by atoms with Gasteiger partial charge in [-0.3, -0.25) is 4.90 Å². The third-order valence-corrected chi connectivity index (χ3v) is 7.74. The Morgan fingerprint density at radius 3 is 2.41 bits per heavy atom. The van der Waals surface area contributed by atoms with Crippen LogP contribution in [0.2, 0.25) is 0 Å². The minimum atomic E-state index is -3.65. The molecule has 4 rings (SSSR count). The summed E-state index contributed by atoms with van der Waals surface area (Å²) in [5.41, 5.74) is 6.61. The summed E-state index contributed by atoms with van der Waals surface area (Å²) in [5.74, 6) is 0.326. The number of sulfonamides is 1. The fourth-order valence-electron chi connectivity index (χ4n) is 4.63. The zero-order chi connectivity index (χ0) is 22.9. The first-order valence-electron chi connectivity index (χ1n) is 11.1. The van der Waals surface area contributed by atoms with Crippen molar-refractivity contribution in [3.05, 3.63) is 70.6 Å². The molecular weight excluding hydrogens is 422 g/mol. The van der Waals surface area contributed by atoms with Gasteiger partial charge in [0.1, 0.15) is 5.69 Å². The van der Waals surface area contributed by atoms with E-state index in [2.05, 4.69) is 71.1 Å². The van der Waals surface area contributed by atoms with E-state index in [1.165, 1.54) is 27.8 Å². The standard InChI is InChI=1S/C25H31N3O3S/c1-17-12-18(2)14-23(13-17)22-9-7-21(8-10-22)15-28-11-5-6-24(16-28)27-32(29,30)25-19(3)26-31-20(25)4/h7-10,12-14,24H,5-6,11,15-16H2,1-4H3,(H-,27,29,30). The number of hydrogen-bond acceptors (Lipinski definition) is 5. The molecular formula is C25H31N3O3S. The van der Waals surface area contributed by atoms with Crippen molar-refractivity contribution >= 4 is 10.4 Å². The molecule has 1 aromatic heterocycles. The first kappa shape index (κ1) is 22.9. The van der Waals surface area contributed by atoms with E-state index < -0.39 is 10.4 Å². The molecule has 7 heteroatoms. The molecule has 1 aliphatic rings. The lowest BCUT2D eigenvalue weighted by molar-refractivity contribution is 0.193. The molecule has 0 radical (unpaired) electrons. The Hall–Kier alpha value is -2.32. The Labute approximate surface area is 191 Å². The van der Waals surface area contributed by atoms with Crippen molar-refractivity contribution < 1.29 is 13.3 Å². The lowest BCUT2D eigenvalue weighted by atomic mass is 9.99. The molecule has 0 saturated carbocycles. The van der Waals surface area contributed by atoms with E-state index in [1.807, 2.05) is 0 Å². The SMILES string of the molecule is Cc1cc(C)cc(-c2ccc(CN3CCCC(N[S+](=O)([O-])c4c(C)noc4C)C3)cc2)c1. The van der Waals surface area contributed by atoms with Crippen LogP contribution in [0.5, 0.6) is 0 Å². The molecule has 0 amide bonds. The van der Waals surface area contributed by atoms with Gasteiger partial charge in [0.2, 0.25) is 4.90 Å². The van der Waals surface area contributed by atoms with Gasteiger partial charge in [-0.1, -0.05) is 63.0 Å². The van der Waals surface area contributed by atoms with Crippen molar-refractivity contribution in [2.45, 2.75) is 58.0 Å². The van der Waals surface area contributed by atoms with Gasteiger partial charge < -0.3 is 9.08 Å². The number of nitrogens with one attached hydrogen (secondary N) is 1. The highest BCUT2D eigenvalue weighted by atomic mass is 32.3. The number of nitrogens with zero attached hydrogens (tertiary/aromatic N) is 2. The molecule has 1 saturated heterocycles. The number of rotatable bonds is 6. The van der Waals surface area contributed by atoms with Crippen LogP contribution in [0.3, 0.4) is 0 Å². The summed E-state index contributed by atoms with van der Waals surface area (Å²) < 4.78 is 33.6. The van der Waals surface area contributed by atoms with Gasteiger partial charge in [0.05, 0.1) is 6.04 Å². The molecule has 6 nitrogen and oxygen atoms in total. The van der Waals surface area contributed by atoms with Crippen LogP contribution >= 0.6 is 0 Å². The average Bonchev–Trinajstić information content (AvgIpc) is 3.07. The number of benzene rings is 2. The second kappa shape index (κ2) is 9.27. The first-order chi connectivity index (χ1) is 15.2. The fourth-order valence-corrected chi connectivity index (χ4v) is 6.23. The lowest BCUT2D eigenvalue weighted by Gasteiger charge is -2.33. The minimum absolute atomic E-state index is 0.128. The topological polar surface area (TPSA) is 81.4 Å². The largest absolute Gasteiger partial charge is 0.593 e. The fraction of sp³-hybridized carbons (Fsp3) is 0.400. The van der Waals surface area contributed by atoms with E-state index >= 15 is 0 Å². The van der Waals surface area contributed by atoms with Gasteiger partial charge in [-0.2, -0.15) is 0 Å². The van der Waals surface area contributed by atoms with Crippen molar-refractivity contribution in [2.24, 2.45) is 0 Å². The van der Waals surface area contributed by atoms with E-state index in [9.17, 15) is 8.76 Å². The molecule has 1 N–H and O–H groups in total. The van der Waals surface area contributed by atoms with Crippen molar-refractivity contribution in [1.29, 1.82) is 0 Å². The molecule has 2 atom stereocenters. The Kier molecular flexibility index (Phi) is 6.62. The zero-order valence-electron chi connectivity index (χ0n) is 19.2. The summed E-state index contributed by atoms with van der Waals surface area (Å²) in [7, 11) is -3.65. The Balaban J connectivity index is 1.40. The highest BCUT2D eigenvalue weighted by molar-refractivity contribution is 7.95. The van der Waals surface area contributed by atoms with Crippen LogP contribution in [0, 0.1) is 27.7 Å². The first-order valence-corrected chi connectivity index (χ1v) is 12.5. The number of likely N-dealkylation sites (tertiary alicyclic amines) is 1. The quantitative estimate of drug-likeness (QED) is 0.546. The van der Waals surface area contributed by atoms with Crippen molar-refractivity contribution in [3.8, 4) is 11.1 Å². The van der Waals surface area contributed by atoms with E-state index in [-0.39, 0.29) is 10.9 Å². The summed E-state index contributed by atoms with van der Waals surface area (Å²) in [6, 6.07) is 15.2. The predicted octanol–water partition coefficient (Wildman–Crippen LogP) is 4.73. The van der Waals surface area contributed by atoms with Crippen LogP contribution in [0.15, 0.2) is 51.9 Å². The Morgan fingerprint density at radius 2 is 1.78 bits per heavy atom. The minimum Gasteiger partial charge on any atom is -0.593 e. The maximum absolute atomic E-state index is 12.9. The second-order valence-electron chi connectivity index (χ2n) is 8.92. The van der Waals surface area contributed by atoms with Gasteiger partial charge in [-0.25, -0.2) is 0 Å². The maximum atomic E-state index is 12.9. The van der Waals surface area contributed by atoms with E-state index in [0.717, 1.165) is 25.9 Å². The Morgan fingerprint density at radius 1 is 1.09 bits per heavy atom. The molecule has 2 unspecified atom stereocenters. The lowest BCUT2D eigenvalue weighted by Crippen LogP contribution is -2.49. The summed E-state index contributed by atoms with van der Waals surface area (Å²) in [4.78, 5) is 2.48. The molecule has 2 aromatic carbocycles. The maximum Gasteiger partial charge on any atom is 0.240 e. The third-order valence-electron chi connectivity index (χ3n) is 5.98. The third kappa shape index (κ3) is 5.18. The summed E-state index contributed by atoms with van der Waals surface area (Å²) in [6.45, 7) is 9.97. The monoisotopic (exact) mass is 453 g/mol. The van der Waals surface area contributed by atoms with Gasteiger partial charge in [0.15, 0.2) is 16.2 Å². The number of aromatic nitrogens is 1. The molecule has 0 bridgehead atoms.